The number of hydrogen-bond donors (Lipinski definition) is 0. The summed E-state index contributed by atoms with van der Waals surface area (Å²) in [5.74, 6) is 0. The van der Waals surface area contributed by atoms with Crippen molar-refractivity contribution in [2.45, 2.75) is 64.9 Å². The van der Waals surface area contributed by atoms with E-state index in [1.165, 1.54) is 36.8 Å². The molecule has 2 aromatic rings. The smallest absolute Gasteiger partial charge is 0.322 e. The molecule has 0 radical (unpaired) electrons. The Bertz CT molecular complexity index is 839. The summed E-state index contributed by atoms with van der Waals surface area (Å²) in [6.07, 6.45) is 14.8. The Balaban J connectivity index is 1.60. The molecule has 0 amide bonds. The van der Waals surface area contributed by atoms with Crippen molar-refractivity contribution in [2.75, 3.05) is 6.61 Å². The van der Waals surface area contributed by atoms with Gasteiger partial charge in [0, 0.05) is 5.41 Å². The van der Waals surface area contributed by atoms with Gasteiger partial charge >= 0.3 is 6.61 Å². The van der Waals surface area contributed by atoms with Crippen molar-refractivity contribution in [1.29, 1.82) is 0 Å². The lowest BCUT2D eigenvalue weighted by atomic mass is 9.75. The van der Waals surface area contributed by atoms with Gasteiger partial charge in [-0.2, -0.15) is 8.78 Å². The van der Waals surface area contributed by atoms with E-state index in [2.05, 4.69) is 61.5 Å². The number of aryl methyl sites for hydroxylation is 2. The molecule has 0 heterocycles. The topological polar surface area (TPSA) is 9.23 Å². The van der Waals surface area contributed by atoms with E-state index in [4.69, 9.17) is 4.74 Å². The monoisotopic (exact) mass is 424 g/mol. The fourth-order valence-corrected chi connectivity index (χ4v) is 4.18. The normalized spacial score (nSPS) is 18.4. The van der Waals surface area contributed by atoms with Crippen LogP contribution >= 0.6 is 0 Å². The molecule has 0 spiro atoms. The maximum Gasteiger partial charge on any atom is 0.345 e. The summed E-state index contributed by atoms with van der Waals surface area (Å²) in [6.45, 7) is -0.472. The average Bonchev–Trinajstić information content (AvgIpc) is 2.81. The van der Waals surface area contributed by atoms with E-state index in [1.807, 2.05) is 18.2 Å². The van der Waals surface area contributed by atoms with E-state index in [0.29, 0.717) is 6.42 Å². The molecule has 1 aliphatic carbocycles. The summed E-state index contributed by atoms with van der Waals surface area (Å²) in [4.78, 5) is 0. The van der Waals surface area contributed by atoms with E-state index in [0.717, 1.165) is 30.4 Å². The molecule has 1 atom stereocenters. The molecule has 3 heteroatoms. The minimum absolute atomic E-state index is 0.0370. The molecule has 0 aliphatic heterocycles. The van der Waals surface area contributed by atoms with Crippen LogP contribution in [0.4, 0.5) is 8.78 Å². The quantitative estimate of drug-likeness (QED) is 0.314. The summed E-state index contributed by atoms with van der Waals surface area (Å²) in [5, 5.41) is 0. The molecule has 31 heavy (non-hydrogen) atoms. The second kappa shape index (κ2) is 12.0. The first-order valence-corrected chi connectivity index (χ1v) is 11.5. The van der Waals surface area contributed by atoms with Crippen molar-refractivity contribution in [3.05, 3.63) is 89.5 Å². The van der Waals surface area contributed by atoms with Gasteiger partial charge in [0.15, 0.2) is 0 Å². The number of hydrogen-bond acceptors (Lipinski definition) is 1. The lowest BCUT2D eigenvalue weighted by Gasteiger charge is -2.32. The highest BCUT2D eigenvalue weighted by Gasteiger charge is 2.30. The van der Waals surface area contributed by atoms with E-state index >= 15 is 0 Å². The Labute approximate surface area is 185 Å². The van der Waals surface area contributed by atoms with Crippen molar-refractivity contribution in [3.8, 4) is 0 Å². The number of allylic oxidation sites excluding steroid dienone is 3. The number of halogens is 2. The van der Waals surface area contributed by atoms with Crippen LogP contribution in [0.15, 0.2) is 72.8 Å². The SMILES string of the molecule is CCCCCCc1ccc(CCC2(COC(F)F)C=CC(c3ccccc3)=CC2)cc1. The van der Waals surface area contributed by atoms with Gasteiger partial charge in [-0.1, -0.05) is 99.0 Å². The van der Waals surface area contributed by atoms with Gasteiger partial charge in [0.1, 0.15) is 0 Å². The van der Waals surface area contributed by atoms with Crippen molar-refractivity contribution in [3.63, 3.8) is 0 Å². The molecule has 0 saturated carbocycles. The first kappa shape index (κ1) is 23.4. The molecular formula is C28H34F2O. The Morgan fingerprint density at radius 1 is 0.903 bits per heavy atom. The molecule has 2 aromatic carbocycles. The van der Waals surface area contributed by atoms with Gasteiger partial charge in [0.2, 0.25) is 0 Å². The summed E-state index contributed by atoms with van der Waals surface area (Å²) in [7, 11) is 0. The molecule has 166 valence electrons. The number of unbranched alkanes of at least 4 members (excludes halogenated alkanes) is 3. The van der Waals surface area contributed by atoms with Gasteiger partial charge in [-0.15, -0.1) is 0 Å². The molecule has 1 unspecified atom stereocenters. The fraction of sp³-hybridized carbons (Fsp3) is 0.429. The Morgan fingerprint density at radius 2 is 1.61 bits per heavy atom. The number of benzene rings is 2. The molecule has 3 rings (SSSR count). The van der Waals surface area contributed by atoms with E-state index in [9.17, 15) is 8.78 Å². The third-order valence-electron chi connectivity index (χ3n) is 6.20. The van der Waals surface area contributed by atoms with E-state index in [1.54, 1.807) is 0 Å². The predicted molar refractivity (Wildman–Crippen MR) is 125 cm³/mol. The van der Waals surface area contributed by atoms with E-state index < -0.39 is 12.0 Å². The standard InChI is InChI=1S/C28H34F2O/c1-2-3-4-6-9-23-12-14-24(15-13-23)16-19-28(22-31-27(29)30)20-17-26(18-21-28)25-10-7-5-8-11-25/h5,7-8,10-15,17-18,20,27H,2-4,6,9,16,19,21-22H2,1H3. The minimum atomic E-state index is -2.74. The molecule has 0 N–H and O–H groups in total. The third-order valence-corrected chi connectivity index (χ3v) is 6.20. The lowest BCUT2D eigenvalue weighted by molar-refractivity contribution is -0.147. The van der Waals surface area contributed by atoms with Gasteiger partial charge in [0.05, 0.1) is 6.61 Å². The average molecular weight is 425 g/mol. The fourth-order valence-electron chi connectivity index (χ4n) is 4.18. The van der Waals surface area contributed by atoms with Crippen molar-refractivity contribution in [1.82, 2.24) is 0 Å². The van der Waals surface area contributed by atoms with Gasteiger partial charge in [-0.25, -0.2) is 0 Å². The summed E-state index contributed by atoms with van der Waals surface area (Å²) in [6, 6.07) is 19.0. The zero-order valence-electron chi connectivity index (χ0n) is 18.5. The molecule has 0 fully saturated rings. The van der Waals surface area contributed by atoms with Crippen LogP contribution in [0.25, 0.3) is 5.57 Å². The molecule has 0 aromatic heterocycles. The summed E-state index contributed by atoms with van der Waals surface area (Å²) >= 11 is 0. The van der Waals surface area contributed by atoms with Gasteiger partial charge < -0.3 is 4.74 Å². The van der Waals surface area contributed by atoms with Crippen LogP contribution < -0.4 is 0 Å². The predicted octanol–water partition coefficient (Wildman–Crippen LogP) is 8.01. The zero-order valence-corrected chi connectivity index (χ0v) is 18.5. The summed E-state index contributed by atoms with van der Waals surface area (Å²) in [5.41, 5.74) is 4.52. The summed E-state index contributed by atoms with van der Waals surface area (Å²) < 4.78 is 30.4. The minimum Gasteiger partial charge on any atom is -0.322 e. The van der Waals surface area contributed by atoms with Crippen LogP contribution in [0.3, 0.4) is 0 Å². The third kappa shape index (κ3) is 7.43. The largest absolute Gasteiger partial charge is 0.345 e. The highest BCUT2D eigenvalue weighted by atomic mass is 19.3. The van der Waals surface area contributed by atoms with Gasteiger partial charge in [0.25, 0.3) is 0 Å². The maximum absolute atomic E-state index is 12.8. The number of rotatable bonds is 12. The first-order chi connectivity index (χ1) is 15.1. The van der Waals surface area contributed by atoms with Crippen LogP contribution in [0, 0.1) is 5.41 Å². The van der Waals surface area contributed by atoms with Crippen molar-refractivity contribution < 1.29 is 13.5 Å². The highest BCUT2D eigenvalue weighted by molar-refractivity contribution is 5.75. The Hall–Kier alpha value is -2.26. The van der Waals surface area contributed by atoms with Crippen LogP contribution in [-0.2, 0) is 17.6 Å². The van der Waals surface area contributed by atoms with Crippen LogP contribution in [-0.4, -0.2) is 13.2 Å². The molecule has 0 bridgehead atoms. The highest BCUT2D eigenvalue weighted by Crippen LogP contribution is 2.38. The molecule has 1 aliphatic rings. The van der Waals surface area contributed by atoms with Gasteiger partial charge in [-0.05, 0) is 54.4 Å². The van der Waals surface area contributed by atoms with Crippen molar-refractivity contribution in [2.24, 2.45) is 5.41 Å². The van der Waals surface area contributed by atoms with Gasteiger partial charge in [-0.3, -0.25) is 0 Å². The zero-order chi connectivity index (χ0) is 21.9. The van der Waals surface area contributed by atoms with E-state index in [-0.39, 0.29) is 6.61 Å². The Morgan fingerprint density at radius 3 is 2.23 bits per heavy atom. The van der Waals surface area contributed by atoms with Crippen molar-refractivity contribution >= 4 is 5.57 Å². The molecule has 1 nitrogen and oxygen atoms in total. The lowest BCUT2D eigenvalue weighted by Crippen LogP contribution is -2.28. The maximum atomic E-state index is 12.8. The number of alkyl halides is 2. The second-order valence-corrected chi connectivity index (χ2v) is 8.62. The molecule has 0 saturated heterocycles. The van der Waals surface area contributed by atoms with Crippen LogP contribution in [0.1, 0.15) is 62.1 Å². The van der Waals surface area contributed by atoms with Crippen LogP contribution in [0.5, 0.6) is 0 Å². The second-order valence-electron chi connectivity index (χ2n) is 8.62. The molecular weight excluding hydrogens is 390 g/mol. The Kier molecular flexibility index (Phi) is 9.02. The van der Waals surface area contributed by atoms with Crippen LogP contribution in [0.2, 0.25) is 0 Å². The first-order valence-electron chi connectivity index (χ1n) is 11.5. The number of ether oxygens (including phenoxy) is 1.